The zero-order chi connectivity index (χ0) is 11.6. The molecule has 0 aromatic carbocycles. The van der Waals surface area contributed by atoms with E-state index in [2.05, 4.69) is 5.10 Å². The number of halogens is 1. The van der Waals surface area contributed by atoms with E-state index in [1.807, 2.05) is 0 Å². The minimum Gasteiger partial charge on any atom is -0.274 e. The quantitative estimate of drug-likeness (QED) is 0.739. The summed E-state index contributed by atoms with van der Waals surface area (Å²) in [6.07, 6.45) is 2.79. The molecule has 1 rings (SSSR count). The zero-order valence-corrected chi connectivity index (χ0v) is 10.5. The topological polar surface area (TPSA) is 55.2 Å². The van der Waals surface area contributed by atoms with Crippen molar-refractivity contribution < 1.29 is 8.42 Å². The second-order valence-electron chi connectivity index (χ2n) is 3.37. The van der Waals surface area contributed by atoms with E-state index < -0.39 is 10.0 Å². The number of sulfonamides is 1. The van der Waals surface area contributed by atoms with E-state index in [9.17, 15) is 8.42 Å². The largest absolute Gasteiger partial charge is 0.274 e. The highest BCUT2D eigenvalue weighted by atomic mass is 35.5. The molecule has 1 unspecified atom stereocenters. The van der Waals surface area contributed by atoms with Gasteiger partial charge >= 0.3 is 0 Å². The summed E-state index contributed by atoms with van der Waals surface area (Å²) in [6.45, 7) is 1.75. The Morgan fingerprint density at radius 3 is 2.67 bits per heavy atom. The van der Waals surface area contributed by atoms with Gasteiger partial charge in [0.25, 0.3) is 0 Å². The first kappa shape index (κ1) is 12.5. The molecule has 15 heavy (non-hydrogen) atoms. The lowest BCUT2D eigenvalue weighted by atomic mass is 10.4. The van der Waals surface area contributed by atoms with Gasteiger partial charge in [0.05, 0.1) is 6.20 Å². The summed E-state index contributed by atoms with van der Waals surface area (Å²) in [5, 5.41) is 3.83. The molecule has 0 aliphatic heterocycles. The average molecular weight is 252 g/mol. The molecule has 0 saturated carbocycles. The fraction of sp³-hybridized carbons (Fsp3) is 0.625. The highest BCUT2D eigenvalue weighted by Crippen LogP contribution is 2.15. The van der Waals surface area contributed by atoms with E-state index in [-0.39, 0.29) is 16.8 Å². The first-order valence-corrected chi connectivity index (χ1v) is 6.39. The molecule has 0 saturated heterocycles. The monoisotopic (exact) mass is 251 g/mol. The average Bonchev–Trinajstić information content (AvgIpc) is 2.63. The molecule has 0 aliphatic carbocycles. The van der Waals surface area contributed by atoms with Crippen LogP contribution in [0.2, 0.25) is 0 Å². The van der Waals surface area contributed by atoms with E-state index >= 15 is 0 Å². The number of hydrogen-bond donors (Lipinski definition) is 0. The Labute approximate surface area is 94.7 Å². The van der Waals surface area contributed by atoms with Crippen LogP contribution in [0.4, 0.5) is 0 Å². The lowest BCUT2D eigenvalue weighted by Crippen LogP contribution is -2.36. The minimum atomic E-state index is -3.46. The van der Waals surface area contributed by atoms with Gasteiger partial charge in [0.15, 0.2) is 0 Å². The van der Waals surface area contributed by atoms with Crippen molar-refractivity contribution >= 4 is 21.6 Å². The van der Waals surface area contributed by atoms with Gasteiger partial charge in [-0.1, -0.05) is 0 Å². The van der Waals surface area contributed by atoms with Gasteiger partial charge in [0.1, 0.15) is 4.90 Å². The Hall–Kier alpha value is -0.590. The molecule has 7 heteroatoms. The maximum atomic E-state index is 12.0. The van der Waals surface area contributed by atoms with Gasteiger partial charge in [-0.15, -0.1) is 11.6 Å². The number of aryl methyl sites for hydroxylation is 1. The predicted molar refractivity (Wildman–Crippen MR) is 58.3 cm³/mol. The molecule has 1 aromatic heterocycles. The van der Waals surface area contributed by atoms with Crippen LogP contribution in [0.15, 0.2) is 17.3 Å². The third kappa shape index (κ3) is 2.50. The number of aromatic nitrogens is 2. The van der Waals surface area contributed by atoms with Crippen molar-refractivity contribution in [3.63, 3.8) is 0 Å². The lowest BCUT2D eigenvalue weighted by molar-refractivity contribution is 0.413. The molecule has 0 aliphatic rings. The lowest BCUT2D eigenvalue weighted by Gasteiger charge is -2.21. The normalized spacial score (nSPS) is 14.5. The number of rotatable bonds is 4. The third-order valence-corrected chi connectivity index (χ3v) is 4.57. The van der Waals surface area contributed by atoms with Crippen molar-refractivity contribution in [2.45, 2.75) is 17.9 Å². The highest BCUT2D eigenvalue weighted by Gasteiger charge is 2.25. The van der Waals surface area contributed by atoms with Crippen LogP contribution >= 0.6 is 11.6 Å². The molecule has 1 atom stereocenters. The maximum Gasteiger partial charge on any atom is 0.246 e. The standard InChI is InChI=1S/C8H14ClN3O2S/c1-7(4-9)12(3)15(13,14)8-5-10-11(2)6-8/h5-7H,4H2,1-3H3. The molecule has 0 fully saturated rings. The van der Waals surface area contributed by atoms with Crippen LogP contribution in [0.5, 0.6) is 0 Å². The van der Waals surface area contributed by atoms with Crippen LogP contribution in [-0.2, 0) is 17.1 Å². The van der Waals surface area contributed by atoms with Gasteiger partial charge in [0.2, 0.25) is 10.0 Å². The number of alkyl halides is 1. The minimum absolute atomic E-state index is 0.185. The van der Waals surface area contributed by atoms with Crippen LogP contribution in [0.3, 0.4) is 0 Å². The molecule has 5 nitrogen and oxygen atoms in total. The van der Waals surface area contributed by atoms with Crippen LogP contribution < -0.4 is 0 Å². The van der Waals surface area contributed by atoms with E-state index in [4.69, 9.17) is 11.6 Å². The van der Waals surface area contributed by atoms with Crippen LogP contribution in [-0.4, -0.2) is 41.5 Å². The summed E-state index contributed by atoms with van der Waals surface area (Å²) in [7, 11) is -0.284. The Morgan fingerprint density at radius 2 is 2.27 bits per heavy atom. The fourth-order valence-electron chi connectivity index (χ4n) is 1.03. The molecule has 1 aromatic rings. The van der Waals surface area contributed by atoms with Crippen LogP contribution in [0, 0.1) is 0 Å². The Kier molecular flexibility index (Phi) is 3.75. The second-order valence-corrected chi connectivity index (χ2v) is 5.68. The second kappa shape index (κ2) is 4.51. The molecule has 0 spiro atoms. The van der Waals surface area contributed by atoms with Crippen molar-refractivity contribution in [2.75, 3.05) is 12.9 Å². The molecular formula is C8H14ClN3O2S. The Bertz CT molecular complexity index is 429. The highest BCUT2D eigenvalue weighted by molar-refractivity contribution is 7.89. The summed E-state index contributed by atoms with van der Waals surface area (Å²) < 4.78 is 26.6. The molecular weight excluding hydrogens is 238 g/mol. The molecule has 0 radical (unpaired) electrons. The van der Waals surface area contributed by atoms with Crippen molar-refractivity contribution in [2.24, 2.45) is 7.05 Å². The molecule has 0 amide bonds. The maximum absolute atomic E-state index is 12.0. The zero-order valence-electron chi connectivity index (χ0n) is 8.88. The van der Waals surface area contributed by atoms with Crippen molar-refractivity contribution in [1.82, 2.24) is 14.1 Å². The first-order chi connectivity index (χ1) is 6.89. The summed E-state index contributed by atoms with van der Waals surface area (Å²) in [5.74, 6) is 0.260. The van der Waals surface area contributed by atoms with Crippen molar-refractivity contribution in [3.8, 4) is 0 Å². The predicted octanol–water partition coefficient (Wildman–Crippen LogP) is 0.668. The van der Waals surface area contributed by atoms with Gasteiger partial charge in [-0.25, -0.2) is 8.42 Å². The fourth-order valence-corrected chi connectivity index (χ4v) is 2.67. The van der Waals surface area contributed by atoms with Gasteiger partial charge in [-0.05, 0) is 6.92 Å². The van der Waals surface area contributed by atoms with E-state index in [0.717, 1.165) is 0 Å². The summed E-state index contributed by atoms with van der Waals surface area (Å²) >= 11 is 5.62. The van der Waals surface area contributed by atoms with E-state index in [0.29, 0.717) is 0 Å². The van der Waals surface area contributed by atoms with Crippen molar-refractivity contribution in [3.05, 3.63) is 12.4 Å². The molecule has 86 valence electrons. The van der Waals surface area contributed by atoms with Gasteiger partial charge in [-0.3, -0.25) is 4.68 Å². The summed E-state index contributed by atoms with van der Waals surface area (Å²) in [6, 6.07) is -0.239. The third-order valence-electron chi connectivity index (χ3n) is 2.20. The Morgan fingerprint density at radius 1 is 1.67 bits per heavy atom. The molecule has 1 heterocycles. The van der Waals surface area contributed by atoms with Gasteiger partial charge in [-0.2, -0.15) is 9.40 Å². The van der Waals surface area contributed by atoms with Gasteiger partial charge in [0, 0.05) is 32.2 Å². The Balaban J connectivity index is 3.03. The van der Waals surface area contributed by atoms with Crippen molar-refractivity contribution in [1.29, 1.82) is 0 Å². The summed E-state index contributed by atoms with van der Waals surface area (Å²) in [4.78, 5) is 0.185. The molecule has 0 N–H and O–H groups in total. The number of nitrogens with zero attached hydrogens (tertiary/aromatic N) is 3. The molecule has 0 bridgehead atoms. The SMILES string of the molecule is CC(CCl)N(C)S(=O)(=O)c1cnn(C)c1. The smallest absolute Gasteiger partial charge is 0.246 e. The van der Waals surface area contributed by atoms with Gasteiger partial charge < -0.3 is 0 Å². The van der Waals surface area contributed by atoms with E-state index in [1.165, 1.54) is 28.4 Å². The summed E-state index contributed by atoms with van der Waals surface area (Å²) in [5.41, 5.74) is 0. The van der Waals surface area contributed by atoms with Crippen LogP contribution in [0.25, 0.3) is 0 Å². The van der Waals surface area contributed by atoms with Crippen LogP contribution in [0.1, 0.15) is 6.92 Å². The van der Waals surface area contributed by atoms with E-state index in [1.54, 1.807) is 14.0 Å². The first-order valence-electron chi connectivity index (χ1n) is 4.42. The number of hydrogen-bond acceptors (Lipinski definition) is 3.